The Morgan fingerprint density at radius 1 is 1.25 bits per heavy atom. The second-order valence-corrected chi connectivity index (χ2v) is 4.81. The fourth-order valence-electron chi connectivity index (χ4n) is 2.32. The van der Waals surface area contributed by atoms with E-state index in [-0.39, 0.29) is 12.5 Å². The normalized spacial score (nSPS) is 29.1. The van der Waals surface area contributed by atoms with E-state index in [1.54, 1.807) is 0 Å². The lowest BCUT2D eigenvalue weighted by Crippen LogP contribution is -2.44. The van der Waals surface area contributed by atoms with E-state index >= 15 is 0 Å². The molecule has 0 aromatic heterocycles. The topological polar surface area (TPSA) is 32.3 Å². The minimum atomic E-state index is -4.20. The highest BCUT2D eigenvalue weighted by Crippen LogP contribution is 2.30. The summed E-state index contributed by atoms with van der Waals surface area (Å²) in [4.78, 5) is 0. The minimum absolute atomic E-state index is 0.184. The summed E-state index contributed by atoms with van der Waals surface area (Å²) in [5, 5.41) is 11.5. The van der Waals surface area contributed by atoms with Gasteiger partial charge in [-0.05, 0) is 24.7 Å². The molecular formula is C11H20F3NO. The molecule has 1 aliphatic rings. The fraction of sp³-hybridized carbons (Fsp3) is 1.00. The van der Waals surface area contributed by atoms with Gasteiger partial charge in [-0.15, -0.1) is 0 Å². The van der Waals surface area contributed by atoms with E-state index in [0.29, 0.717) is 5.92 Å². The Morgan fingerprint density at radius 3 is 2.25 bits per heavy atom. The lowest BCUT2D eigenvalue weighted by Gasteiger charge is -2.32. The van der Waals surface area contributed by atoms with Crippen LogP contribution in [0.25, 0.3) is 0 Å². The molecule has 1 rings (SSSR count). The quantitative estimate of drug-likeness (QED) is 0.789. The number of hydrogen-bond donors (Lipinski definition) is 2. The van der Waals surface area contributed by atoms with E-state index in [1.165, 1.54) is 0 Å². The van der Waals surface area contributed by atoms with Crippen LogP contribution in [0.3, 0.4) is 0 Å². The zero-order valence-electron chi connectivity index (χ0n) is 9.56. The van der Waals surface area contributed by atoms with E-state index < -0.39 is 18.8 Å². The number of aliphatic hydroxyl groups excluding tert-OH is 1. The Balaban J connectivity index is 2.36. The first-order valence-corrected chi connectivity index (χ1v) is 5.83. The average molecular weight is 239 g/mol. The van der Waals surface area contributed by atoms with Gasteiger partial charge in [-0.3, -0.25) is 0 Å². The van der Waals surface area contributed by atoms with E-state index in [1.807, 2.05) is 0 Å². The van der Waals surface area contributed by atoms with Gasteiger partial charge < -0.3 is 10.4 Å². The largest absolute Gasteiger partial charge is 0.401 e. The van der Waals surface area contributed by atoms with E-state index in [4.69, 9.17) is 5.11 Å². The predicted octanol–water partition coefficient (Wildman–Crippen LogP) is 2.33. The molecule has 5 heteroatoms. The van der Waals surface area contributed by atoms with Crippen LogP contribution in [0.1, 0.15) is 32.6 Å². The molecule has 2 N–H and O–H groups in total. The second-order valence-electron chi connectivity index (χ2n) is 4.81. The van der Waals surface area contributed by atoms with Crippen molar-refractivity contribution in [3.05, 3.63) is 0 Å². The summed E-state index contributed by atoms with van der Waals surface area (Å²) in [7, 11) is 0. The molecule has 0 aromatic carbocycles. The molecule has 1 saturated carbocycles. The minimum Gasteiger partial charge on any atom is -0.395 e. The van der Waals surface area contributed by atoms with Crippen LogP contribution in [0, 0.1) is 11.8 Å². The molecule has 96 valence electrons. The van der Waals surface area contributed by atoms with Crippen molar-refractivity contribution in [1.29, 1.82) is 0 Å². The van der Waals surface area contributed by atoms with E-state index in [0.717, 1.165) is 25.7 Å². The lowest BCUT2D eigenvalue weighted by atomic mass is 9.79. The molecule has 0 spiro atoms. The van der Waals surface area contributed by atoms with Gasteiger partial charge in [0.1, 0.15) is 0 Å². The van der Waals surface area contributed by atoms with Crippen molar-refractivity contribution in [3.63, 3.8) is 0 Å². The van der Waals surface area contributed by atoms with Gasteiger partial charge in [0.25, 0.3) is 0 Å². The first-order chi connectivity index (χ1) is 7.42. The summed E-state index contributed by atoms with van der Waals surface area (Å²) in [6.07, 6.45) is -0.270. The third-order valence-electron chi connectivity index (χ3n) is 3.39. The highest BCUT2D eigenvalue weighted by molar-refractivity contribution is 4.81. The second kappa shape index (κ2) is 5.87. The van der Waals surface area contributed by atoms with E-state index in [2.05, 4.69) is 12.2 Å². The maximum absolute atomic E-state index is 12.0. The highest BCUT2D eigenvalue weighted by Gasteiger charge is 2.31. The SMILES string of the molecule is CC1CCC(C(CO)NCC(F)(F)F)CC1. The molecule has 1 fully saturated rings. The van der Waals surface area contributed by atoms with Gasteiger partial charge in [0, 0.05) is 6.04 Å². The van der Waals surface area contributed by atoms with Gasteiger partial charge in [-0.2, -0.15) is 13.2 Å². The standard InChI is InChI=1S/C11H20F3NO/c1-8-2-4-9(5-3-8)10(6-16)15-7-11(12,13)14/h8-10,15-16H,2-7H2,1H3. The van der Waals surface area contributed by atoms with Gasteiger partial charge in [0.15, 0.2) is 0 Å². The molecule has 0 bridgehead atoms. The molecule has 0 heterocycles. The molecule has 16 heavy (non-hydrogen) atoms. The van der Waals surface area contributed by atoms with Gasteiger partial charge in [-0.25, -0.2) is 0 Å². The summed E-state index contributed by atoms with van der Waals surface area (Å²) in [5.41, 5.74) is 0. The first kappa shape index (κ1) is 13.8. The van der Waals surface area contributed by atoms with Crippen LogP contribution in [-0.4, -0.2) is 30.5 Å². The molecular weight excluding hydrogens is 219 g/mol. The van der Waals surface area contributed by atoms with Crippen LogP contribution in [-0.2, 0) is 0 Å². The third-order valence-corrected chi connectivity index (χ3v) is 3.39. The van der Waals surface area contributed by atoms with Crippen molar-refractivity contribution in [3.8, 4) is 0 Å². The van der Waals surface area contributed by atoms with Crippen LogP contribution >= 0.6 is 0 Å². The van der Waals surface area contributed by atoms with Crippen LogP contribution in [0.4, 0.5) is 13.2 Å². The average Bonchev–Trinajstić information content (AvgIpc) is 2.20. The van der Waals surface area contributed by atoms with Gasteiger partial charge >= 0.3 is 6.18 Å². The smallest absolute Gasteiger partial charge is 0.395 e. The van der Waals surface area contributed by atoms with Crippen LogP contribution in [0.5, 0.6) is 0 Å². The Hall–Kier alpha value is -0.290. The van der Waals surface area contributed by atoms with Gasteiger partial charge in [0.05, 0.1) is 13.2 Å². The lowest BCUT2D eigenvalue weighted by molar-refractivity contribution is -0.127. The van der Waals surface area contributed by atoms with Crippen molar-refractivity contribution in [1.82, 2.24) is 5.32 Å². The van der Waals surface area contributed by atoms with E-state index in [9.17, 15) is 13.2 Å². The van der Waals surface area contributed by atoms with Crippen molar-refractivity contribution in [2.24, 2.45) is 11.8 Å². The van der Waals surface area contributed by atoms with Gasteiger partial charge in [0.2, 0.25) is 0 Å². The maximum atomic E-state index is 12.0. The summed E-state index contributed by atoms with van der Waals surface area (Å²) in [5.74, 6) is 0.849. The number of hydrogen-bond acceptors (Lipinski definition) is 2. The third kappa shape index (κ3) is 4.70. The van der Waals surface area contributed by atoms with Crippen LogP contribution < -0.4 is 5.32 Å². The molecule has 0 saturated heterocycles. The number of alkyl halides is 3. The molecule has 0 radical (unpaired) electrons. The molecule has 0 aromatic rings. The Labute approximate surface area is 94.2 Å². The van der Waals surface area contributed by atoms with Gasteiger partial charge in [-0.1, -0.05) is 19.8 Å². The zero-order chi connectivity index (χ0) is 12.2. The molecule has 1 unspecified atom stereocenters. The molecule has 1 atom stereocenters. The number of nitrogens with one attached hydrogen (secondary N) is 1. The Bertz CT molecular complexity index is 200. The van der Waals surface area contributed by atoms with Crippen LogP contribution in [0.15, 0.2) is 0 Å². The molecule has 2 nitrogen and oxygen atoms in total. The van der Waals surface area contributed by atoms with Crippen molar-refractivity contribution in [2.45, 2.75) is 44.8 Å². The summed E-state index contributed by atoms with van der Waals surface area (Å²) in [6, 6.07) is -0.408. The fourth-order valence-corrected chi connectivity index (χ4v) is 2.32. The summed E-state index contributed by atoms with van der Waals surface area (Å²) >= 11 is 0. The van der Waals surface area contributed by atoms with Crippen molar-refractivity contribution < 1.29 is 18.3 Å². The van der Waals surface area contributed by atoms with Crippen molar-refractivity contribution >= 4 is 0 Å². The highest BCUT2D eigenvalue weighted by atomic mass is 19.4. The number of rotatable bonds is 4. The molecule has 0 amide bonds. The predicted molar refractivity (Wildman–Crippen MR) is 56.1 cm³/mol. The first-order valence-electron chi connectivity index (χ1n) is 5.83. The Kier molecular flexibility index (Phi) is 5.05. The summed E-state index contributed by atoms with van der Waals surface area (Å²) < 4.78 is 36.1. The number of halogens is 3. The molecule has 0 aliphatic heterocycles. The summed E-state index contributed by atoms with van der Waals surface area (Å²) in [6.45, 7) is 0.937. The number of aliphatic hydroxyl groups is 1. The van der Waals surface area contributed by atoms with Crippen LogP contribution in [0.2, 0.25) is 0 Å². The zero-order valence-corrected chi connectivity index (χ0v) is 9.56. The monoisotopic (exact) mass is 239 g/mol. The Morgan fingerprint density at radius 2 is 1.81 bits per heavy atom. The maximum Gasteiger partial charge on any atom is 0.401 e. The molecule has 1 aliphatic carbocycles. The van der Waals surface area contributed by atoms with Crippen molar-refractivity contribution in [2.75, 3.05) is 13.2 Å².